The molecule has 2 rings (SSSR count). The molecule has 1 aromatic carbocycles. The van der Waals surface area contributed by atoms with Crippen molar-refractivity contribution in [3.8, 4) is 12.3 Å². The SMILES string of the molecule is C#CC[C@H](NC(=O)C(CC(=O)N(C)CCN(C)CF)Cc1ccccc1)C(=O)NC(CC1CCCCC1)C(O)C(O)C=C.FCF. The number of hydrogen-bond acceptors (Lipinski definition) is 6. The van der Waals surface area contributed by atoms with E-state index in [9.17, 15) is 37.8 Å². The molecule has 0 spiro atoms. The number of aliphatic hydroxyl groups excluding tert-OH is 2. The summed E-state index contributed by atoms with van der Waals surface area (Å²) >= 11 is 0. The zero-order valence-corrected chi connectivity index (χ0v) is 27.1. The van der Waals surface area contributed by atoms with Crippen molar-refractivity contribution in [1.29, 1.82) is 0 Å². The molecule has 3 amide bonds. The number of aliphatic hydroxyl groups is 2. The first-order valence-electron chi connectivity index (χ1n) is 15.7. The Hall–Kier alpha value is -3.40. The van der Waals surface area contributed by atoms with Crippen molar-refractivity contribution in [1.82, 2.24) is 20.4 Å². The second-order valence-corrected chi connectivity index (χ2v) is 11.7. The molecular formula is C34H51F3N4O5. The molecule has 1 saturated carbocycles. The van der Waals surface area contributed by atoms with Crippen LogP contribution in [-0.4, -0.2) is 103 Å². The minimum absolute atomic E-state index is 0.102. The van der Waals surface area contributed by atoms with Gasteiger partial charge in [-0.05, 0) is 31.4 Å². The molecule has 0 radical (unpaired) electrons. The Kier molecular flexibility index (Phi) is 20.3. The Morgan fingerprint density at radius 2 is 1.67 bits per heavy atom. The number of likely N-dealkylation sites (N-methyl/N-ethyl adjacent to an activating group) is 2. The second kappa shape index (κ2) is 23.0. The molecule has 0 aromatic heterocycles. The standard InChI is InChI=1S/C33H49FN4O5.CH2F2/c1-5-13-27(33(43)36-28(31(41)29(39)6-2)21-25-16-11-8-12-17-25)35-32(42)26(20-24-14-9-7-10-15-24)22-30(40)38(4)19-18-37(3)23-34;2-1-3/h1,6-7,9-10,14-15,25-29,31,39,41H,2,8,11-13,16-23H2,3-4H3,(H,35,42)(H,36,43);1H2/t26?,27-,28?,29?,31?;/m0./s1. The number of carbonyl (C=O) groups is 3. The number of halogens is 3. The average Bonchev–Trinajstić information content (AvgIpc) is 3.06. The minimum atomic E-state index is -1.75. The van der Waals surface area contributed by atoms with Gasteiger partial charge >= 0.3 is 0 Å². The molecule has 0 heterocycles. The number of nitrogens with one attached hydrogen (secondary N) is 2. The highest BCUT2D eigenvalue weighted by atomic mass is 19.3. The van der Waals surface area contributed by atoms with Crippen LogP contribution in [0.5, 0.6) is 0 Å². The Bertz CT molecular complexity index is 1080. The number of rotatable bonds is 18. The lowest BCUT2D eigenvalue weighted by atomic mass is 9.83. The molecule has 0 saturated heterocycles. The van der Waals surface area contributed by atoms with Crippen LogP contribution in [0.4, 0.5) is 13.2 Å². The van der Waals surface area contributed by atoms with Crippen molar-refractivity contribution in [3.63, 3.8) is 0 Å². The zero-order chi connectivity index (χ0) is 34.5. The highest BCUT2D eigenvalue weighted by Crippen LogP contribution is 2.28. The zero-order valence-electron chi connectivity index (χ0n) is 27.1. The summed E-state index contributed by atoms with van der Waals surface area (Å²) in [6.07, 6.45) is 10.0. The van der Waals surface area contributed by atoms with Crippen LogP contribution in [0, 0.1) is 24.2 Å². The number of terminal acetylenes is 1. The van der Waals surface area contributed by atoms with Crippen molar-refractivity contribution in [3.05, 3.63) is 48.6 Å². The third-order valence-electron chi connectivity index (χ3n) is 8.16. The van der Waals surface area contributed by atoms with Gasteiger partial charge in [0.1, 0.15) is 18.9 Å². The first kappa shape index (κ1) is 40.6. The van der Waals surface area contributed by atoms with Gasteiger partial charge in [-0.15, -0.1) is 18.9 Å². The summed E-state index contributed by atoms with van der Waals surface area (Å²) in [5, 5.41) is 26.7. The summed E-state index contributed by atoms with van der Waals surface area (Å²) in [5.41, 5.74) is 0.849. The molecule has 12 heteroatoms. The molecular weight excluding hydrogens is 601 g/mol. The number of nitrogens with zero attached hydrogens (tertiary/aromatic N) is 2. The van der Waals surface area contributed by atoms with E-state index in [1.165, 1.54) is 15.9 Å². The maximum atomic E-state index is 13.6. The average molecular weight is 653 g/mol. The molecule has 9 nitrogen and oxygen atoms in total. The van der Waals surface area contributed by atoms with Crippen LogP contribution in [0.25, 0.3) is 0 Å². The number of hydrogen-bond donors (Lipinski definition) is 4. The minimum Gasteiger partial charge on any atom is -0.388 e. The Labute approximate surface area is 271 Å². The van der Waals surface area contributed by atoms with E-state index in [4.69, 9.17) is 6.42 Å². The molecule has 4 N–H and O–H groups in total. The van der Waals surface area contributed by atoms with E-state index in [-0.39, 0.29) is 31.1 Å². The van der Waals surface area contributed by atoms with Gasteiger partial charge in [0.15, 0.2) is 0 Å². The van der Waals surface area contributed by atoms with Gasteiger partial charge < -0.3 is 25.7 Å². The molecule has 5 atom stereocenters. The molecule has 1 aliphatic rings. The topological polar surface area (TPSA) is 122 Å². The molecule has 46 heavy (non-hydrogen) atoms. The fourth-order valence-corrected chi connectivity index (χ4v) is 5.37. The Balaban J connectivity index is 0.00000338. The van der Waals surface area contributed by atoms with Gasteiger partial charge in [-0.1, -0.05) is 68.5 Å². The van der Waals surface area contributed by atoms with Gasteiger partial charge in [0.2, 0.25) is 24.6 Å². The Morgan fingerprint density at radius 1 is 1.04 bits per heavy atom. The molecule has 1 aliphatic carbocycles. The van der Waals surface area contributed by atoms with E-state index in [1.54, 1.807) is 14.1 Å². The van der Waals surface area contributed by atoms with Crippen LogP contribution < -0.4 is 10.6 Å². The molecule has 4 unspecified atom stereocenters. The number of benzene rings is 1. The van der Waals surface area contributed by atoms with Crippen LogP contribution in [0.1, 0.15) is 56.9 Å². The summed E-state index contributed by atoms with van der Waals surface area (Å²) in [6.45, 7) is 1.80. The highest BCUT2D eigenvalue weighted by molar-refractivity contribution is 5.91. The summed E-state index contributed by atoms with van der Waals surface area (Å²) in [7, 11) is 3.22. The predicted molar refractivity (Wildman–Crippen MR) is 172 cm³/mol. The fourth-order valence-electron chi connectivity index (χ4n) is 5.37. The number of amides is 3. The molecule has 1 fully saturated rings. The molecule has 1 aromatic rings. The van der Waals surface area contributed by atoms with Gasteiger partial charge in [0.25, 0.3) is 0 Å². The van der Waals surface area contributed by atoms with E-state index in [0.717, 1.165) is 37.7 Å². The summed E-state index contributed by atoms with van der Waals surface area (Å²) in [4.78, 5) is 43.0. The predicted octanol–water partition coefficient (Wildman–Crippen LogP) is 3.31. The second-order valence-electron chi connectivity index (χ2n) is 11.7. The highest BCUT2D eigenvalue weighted by Gasteiger charge is 2.33. The summed E-state index contributed by atoms with van der Waals surface area (Å²) < 4.78 is 32.1. The summed E-state index contributed by atoms with van der Waals surface area (Å²) in [5.74, 6) is 0.574. The number of alkyl halides is 3. The van der Waals surface area contributed by atoms with Crippen molar-refractivity contribution in [2.24, 2.45) is 11.8 Å². The fraction of sp³-hybridized carbons (Fsp3) is 0.618. The van der Waals surface area contributed by atoms with Crippen LogP contribution in [0.15, 0.2) is 43.0 Å². The third kappa shape index (κ3) is 15.3. The Morgan fingerprint density at radius 3 is 2.24 bits per heavy atom. The third-order valence-corrected chi connectivity index (χ3v) is 8.16. The van der Waals surface area contributed by atoms with Gasteiger partial charge in [-0.2, -0.15) is 0 Å². The first-order valence-corrected chi connectivity index (χ1v) is 15.7. The van der Waals surface area contributed by atoms with E-state index < -0.39 is 55.8 Å². The molecule has 258 valence electrons. The molecule has 0 bridgehead atoms. The monoisotopic (exact) mass is 652 g/mol. The van der Waals surface area contributed by atoms with Crippen molar-refractivity contribution < 1.29 is 37.8 Å². The summed E-state index contributed by atoms with van der Waals surface area (Å²) in [6, 6.07) is 7.39. The van der Waals surface area contributed by atoms with Gasteiger partial charge in [-0.3, -0.25) is 19.3 Å². The van der Waals surface area contributed by atoms with Crippen LogP contribution in [0.3, 0.4) is 0 Å². The maximum Gasteiger partial charge on any atom is 0.243 e. The van der Waals surface area contributed by atoms with E-state index in [2.05, 4.69) is 23.1 Å². The van der Waals surface area contributed by atoms with E-state index in [0.29, 0.717) is 19.5 Å². The normalized spacial score (nSPS) is 16.4. The lowest BCUT2D eigenvalue weighted by Crippen LogP contribution is -2.55. The van der Waals surface area contributed by atoms with Gasteiger partial charge in [0, 0.05) is 33.0 Å². The quantitative estimate of drug-likeness (QED) is 0.110. The van der Waals surface area contributed by atoms with Crippen LogP contribution in [-0.2, 0) is 20.8 Å². The smallest absolute Gasteiger partial charge is 0.243 e. The van der Waals surface area contributed by atoms with E-state index >= 15 is 0 Å². The van der Waals surface area contributed by atoms with Gasteiger partial charge in [0.05, 0.1) is 18.1 Å². The molecule has 0 aliphatic heterocycles. The first-order chi connectivity index (χ1) is 22.0. The van der Waals surface area contributed by atoms with E-state index in [1.807, 2.05) is 30.3 Å². The van der Waals surface area contributed by atoms with Crippen LogP contribution >= 0.6 is 0 Å². The van der Waals surface area contributed by atoms with Crippen LogP contribution in [0.2, 0.25) is 0 Å². The van der Waals surface area contributed by atoms with Gasteiger partial charge in [-0.25, -0.2) is 13.2 Å². The largest absolute Gasteiger partial charge is 0.388 e. The lowest BCUT2D eigenvalue weighted by Gasteiger charge is -2.32. The number of carbonyl (C=O) groups excluding carboxylic acids is 3. The maximum absolute atomic E-state index is 13.6. The van der Waals surface area contributed by atoms with Crippen molar-refractivity contribution in [2.45, 2.75) is 82.1 Å². The van der Waals surface area contributed by atoms with Crippen molar-refractivity contribution in [2.75, 3.05) is 40.9 Å². The van der Waals surface area contributed by atoms with Crippen molar-refractivity contribution >= 4 is 17.7 Å². The lowest BCUT2D eigenvalue weighted by molar-refractivity contribution is -0.136.